The van der Waals surface area contributed by atoms with Crippen LogP contribution in [0.15, 0.2) is 42.5 Å². The van der Waals surface area contributed by atoms with Gasteiger partial charge in [-0.15, -0.1) is 0 Å². The van der Waals surface area contributed by atoms with Crippen molar-refractivity contribution in [2.75, 3.05) is 0 Å². The van der Waals surface area contributed by atoms with Crippen LogP contribution in [0.4, 0.5) is 26.3 Å². The molecule has 2 rings (SSSR count). The Morgan fingerprint density at radius 1 is 0.730 bits per heavy atom. The van der Waals surface area contributed by atoms with Crippen LogP contribution in [0.3, 0.4) is 0 Å². The normalized spacial score (nSPS) is 15.7. The smallest absolute Gasteiger partial charge is 0.242 e. The number of rotatable bonds is 5. The third-order valence-electron chi connectivity index (χ3n) is 5.55. The summed E-state index contributed by atoms with van der Waals surface area (Å²) in [5.41, 5.74) is -2.54. The molecule has 0 heterocycles. The SMILES string of the molecule is CC(C)(C)P(c1ccccc1C(NS(=O)C(C)(C)C)c1cc(C(F)(F)F)cc(C(F)(F)F)c1)C(C)(C)C. The van der Waals surface area contributed by atoms with Crippen LogP contribution >= 0.6 is 7.92 Å². The highest BCUT2D eigenvalue weighted by atomic mass is 32.2. The Labute approximate surface area is 220 Å². The Bertz CT molecular complexity index is 1080. The van der Waals surface area contributed by atoms with Gasteiger partial charge in [0.2, 0.25) is 0 Å². The molecule has 0 aliphatic rings. The molecule has 0 aliphatic heterocycles. The molecule has 10 heteroatoms. The average Bonchev–Trinajstić information content (AvgIpc) is 2.68. The van der Waals surface area contributed by atoms with Crippen molar-refractivity contribution in [1.82, 2.24) is 4.72 Å². The summed E-state index contributed by atoms with van der Waals surface area (Å²) < 4.78 is 97.7. The maximum absolute atomic E-state index is 13.7. The van der Waals surface area contributed by atoms with Crippen LogP contribution in [-0.2, 0) is 23.3 Å². The maximum Gasteiger partial charge on any atom is 0.416 e. The van der Waals surface area contributed by atoms with E-state index in [-0.39, 0.29) is 21.9 Å². The second-order valence-corrected chi connectivity index (χ2v) is 17.8. The molecule has 0 amide bonds. The van der Waals surface area contributed by atoms with Crippen LogP contribution in [0.1, 0.15) is 90.6 Å². The van der Waals surface area contributed by atoms with Gasteiger partial charge in [0.1, 0.15) is 0 Å². The molecule has 208 valence electrons. The largest absolute Gasteiger partial charge is 0.416 e. The minimum atomic E-state index is -4.99. The number of hydrogen-bond acceptors (Lipinski definition) is 1. The number of nitrogens with one attached hydrogen (secondary N) is 1. The topological polar surface area (TPSA) is 29.1 Å². The fourth-order valence-corrected chi connectivity index (χ4v) is 9.39. The second-order valence-electron chi connectivity index (χ2n) is 12.0. The van der Waals surface area contributed by atoms with Crippen LogP contribution in [-0.4, -0.2) is 19.3 Å². The van der Waals surface area contributed by atoms with Crippen molar-refractivity contribution in [2.45, 2.75) is 95.8 Å². The Hall–Kier alpha value is -1.44. The van der Waals surface area contributed by atoms with Crippen molar-refractivity contribution in [2.24, 2.45) is 0 Å². The highest BCUT2D eigenvalue weighted by molar-refractivity contribution is 7.84. The van der Waals surface area contributed by atoms with E-state index in [1.54, 1.807) is 32.9 Å². The molecular formula is C27H36F6NOPS. The van der Waals surface area contributed by atoms with E-state index in [0.717, 1.165) is 17.4 Å². The summed E-state index contributed by atoms with van der Waals surface area (Å²) in [7, 11) is -2.77. The predicted octanol–water partition coefficient (Wildman–Crippen LogP) is 8.57. The third kappa shape index (κ3) is 8.03. The molecule has 2 nitrogen and oxygen atoms in total. The Morgan fingerprint density at radius 2 is 1.16 bits per heavy atom. The molecule has 0 aromatic heterocycles. The van der Waals surface area contributed by atoms with E-state index < -0.39 is 53.2 Å². The van der Waals surface area contributed by atoms with Crippen LogP contribution in [0.25, 0.3) is 0 Å². The van der Waals surface area contributed by atoms with Gasteiger partial charge in [-0.05, 0) is 65.7 Å². The summed E-state index contributed by atoms with van der Waals surface area (Å²) in [6, 6.07) is 7.48. The molecular weight excluding hydrogens is 531 g/mol. The van der Waals surface area contributed by atoms with Gasteiger partial charge in [0.25, 0.3) is 0 Å². The van der Waals surface area contributed by atoms with E-state index in [9.17, 15) is 30.6 Å². The summed E-state index contributed by atoms with van der Waals surface area (Å²) >= 11 is 0. The standard InChI is InChI=1S/C27H36F6NOPS/c1-23(2,3)36(24(4,5)6)21-13-11-10-12-20(21)22(34-37(35)25(7,8)9)17-14-18(26(28,29)30)16-19(15-17)27(31,32)33/h10-16,22,34H,1-9H3. The average molecular weight is 568 g/mol. The van der Waals surface area contributed by atoms with E-state index in [4.69, 9.17) is 0 Å². The van der Waals surface area contributed by atoms with Crippen molar-refractivity contribution in [3.63, 3.8) is 0 Å². The van der Waals surface area contributed by atoms with Gasteiger partial charge in [-0.2, -0.15) is 26.3 Å². The molecule has 0 radical (unpaired) electrons. The molecule has 2 unspecified atom stereocenters. The first-order chi connectivity index (χ1) is 16.4. The van der Waals surface area contributed by atoms with Gasteiger partial charge in [0.05, 0.1) is 32.9 Å². The lowest BCUT2D eigenvalue weighted by molar-refractivity contribution is -0.143. The van der Waals surface area contributed by atoms with E-state index in [0.29, 0.717) is 5.56 Å². The first-order valence-corrected chi connectivity index (χ1v) is 14.3. The van der Waals surface area contributed by atoms with Crippen LogP contribution in [0, 0.1) is 0 Å². The fourth-order valence-electron chi connectivity index (χ4n) is 4.40. The minimum Gasteiger partial charge on any atom is -0.242 e. The molecule has 2 aromatic rings. The zero-order chi connectivity index (χ0) is 28.8. The molecule has 37 heavy (non-hydrogen) atoms. The quantitative estimate of drug-likeness (QED) is 0.285. The second kappa shape index (κ2) is 10.6. The van der Waals surface area contributed by atoms with Crippen LogP contribution in [0.5, 0.6) is 0 Å². The summed E-state index contributed by atoms with van der Waals surface area (Å²) in [6.45, 7) is 17.5. The lowest BCUT2D eigenvalue weighted by Crippen LogP contribution is -2.39. The van der Waals surface area contributed by atoms with Crippen LogP contribution in [0.2, 0.25) is 0 Å². The summed E-state index contributed by atoms with van der Waals surface area (Å²) in [5, 5.41) is 0.372. The summed E-state index contributed by atoms with van der Waals surface area (Å²) in [4.78, 5) is 0. The van der Waals surface area contributed by atoms with Gasteiger partial charge in [-0.25, -0.2) is 8.93 Å². The highest BCUT2D eigenvalue weighted by Gasteiger charge is 2.41. The molecule has 0 fully saturated rings. The van der Waals surface area contributed by atoms with Gasteiger partial charge in [-0.1, -0.05) is 73.7 Å². The lowest BCUT2D eigenvalue weighted by atomic mass is 9.95. The van der Waals surface area contributed by atoms with Gasteiger partial charge in [0, 0.05) is 0 Å². The first-order valence-electron chi connectivity index (χ1n) is 11.8. The molecule has 0 spiro atoms. The van der Waals surface area contributed by atoms with Crippen LogP contribution < -0.4 is 10.0 Å². The molecule has 2 aromatic carbocycles. The van der Waals surface area contributed by atoms with Crippen molar-refractivity contribution < 1.29 is 30.6 Å². The van der Waals surface area contributed by atoms with Crippen molar-refractivity contribution in [3.8, 4) is 0 Å². The fraction of sp³-hybridized carbons (Fsp3) is 0.556. The number of halogens is 6. The zero-order valence-corrected chi connectivity index (χ0v) is 24.4. The van der Waals surface area contributed by atoms with E-state index in [2.05, 4.69) is 46.3 Å². The zero-order valence-electron chi connectivity index (χ0n) is 22.7. The number of benzene rings is 2. The predicted molar refractivity (Wildman–Crippen MR) is 142 cm³/mol. The van der Waals surface area contributed by atoms with Gasteiger partial charge >= 0.3 is 12.4 Å². The van der Waals surface area contributed by atoms with Crippen molar-refractivity contribution >= 4 is 24.2 Å². The molecule has 0 bridgehead atoms. The first kappa shape index (κ1) is 31.8. The molecule has 0 aliphatic carbocycles. The van der Waals surface area contributed by atoms with Gasteiger partial charge in [-0.3, -0.25) is 0 Å². The summed E-state index contributed by atoms with van der Waals surface area (Å²) in [6.07, 6.45) is -9.99. The monoisotopic (exact) mass is 567 g/mol. The number of alkyl halides is 6. The molecule has 1 N–H and O–H groups in total. The maximum atomic E-state index is 13.7. The van der Waals surface area contributed by atoms with E-state index in [1.807, 2.05) is 12.1 Å². The molecule has 0 saturated heterocycles. The third-order valence-corrected chi connectivity index (χ3v) is 10.7. The van der Waals surface area contributed by atoms with Gasteiger partial charge in [0.15, 0.2) is 0 Å². The molecule has 0 saturated carbocycles. The van der Waals surface area contributed by atoms with E-state index >= 15 is 0 Å². The Morgan fingerprint density at radius 3 is 1.54 bits per heavy atom. The van der Waals surface area contributed by atoms with Crippen molar-refractivity contribution in [1.29, 1.82) is 0 Å². The number of hydrogen-bond donors (Lipinski definition) is 1. The molecule has 2 atom stereocenters. The van der Waals surface area contributed by atoms with E-state index in [1.165, 1.54) is 0 Å². The Kier molecular flexibility index (Phi) is 9.11. The van der Waals surface area contributed by atoms with Gasteiger partial charge < -0.3 is 0 Å². The summed E-state index contributed by atoms with van der Waals surface area (Å²) in [5.74, 6) is 0. The minimum absolute atomic E-state index is 0.115. The highest BCUT2D eigenvalue weighted by Crippen LogP contribution is 2.59. The Balaban J connectivity index is 2.96. The van der Waals surface area contributed by atoms with Crippen molar-refractivity contribution in [3.05, 3.63) is 64.7 Å². The lowest BCUT2D eigenvalue weighted by Gasteiger charge is -2.43.